The lowest BCUT2D eigenvalue weighted by Crippen LogP contribution is -2.22. The third kappa shape index (κ3) is 4.10. The van der Waals surface area contributed by atoms with E-state index in [1.807, 2.05) is 0 Å². The zero-order valence-corrected chi connectivity index (χ0v) is 8.92. The zero-order valence-electron chi connectivity index (χ0n) is 8.92. The van der Waals surface area contributed by atoms with Gasteiger partial charge in [-0.1, -0.05) is 19.8 Å². The minimum absolute atomic E-state index is 0.461. The molecular formula is C11H22O2. The second-order valence-electron chi connectivity index (χ2n) is 4.00. The van der Waals surface area contributed by atoms with Crippen LogP contribution < -0.4 is 0 Å². The molecule has 13 heavy (non-hydrogen) atoms. The van der Waals surface area contributed by atoms with Gasteiger partial charge in [-0.2, -0.15) is 0 Å². The van der Waals surface area contributed by atoms with Crippen LogP contribution in [0.3, 0.4) is 0 Å². The second-order valence-corrected chi connectivity index (χ2v) is 4.00. The Labute approximate surface area is 81.6 Å². The van der Waals surface area contributed by atoms with Gasteiger partial charge in [0.1, 0.15) is 6.79 Å². The Bertz CT molecular complexity index is 117. The van der Waals surface area contributed by atoms with Gasteiger partial charge in [0.05, 0.1) is 6.10 Å². The molecular weight excluding hydrogens is 164 g/mol. The van der Waals surface area contributed by atoms with Crippen LogP contribution in [-0.2, 0) is 9.47 Å². The molecule has 78 valence electrons. The summed E-state index contributed by atoms with van der Waals surface area (Å²) in [7, 11) is 1.68. The first-order valence-corrected chi connectivity index (χ1v) is 5.47. The van der Waals surface area contributed by atoms with Crippen molar-refractivity contribution < 1.29 is 9.47 Å². The molecule has 0 bridgehead atoms. The first-order chi connectivity index (χ1) is 6.36. The van der Waals surface area contributed by atoms with E-state index in [0.29, 0.717) is 12.9 Å². The van der Waals surface area contributed by atoms with E-state index in [1.165, 1.54) is 38.5 Å². The first-order valence-electron chi connectivity index (χ1n) is 5.47. The third-order valence-electron chi connectivity index (χ3n) is 2.91. The van der Waals surface area contributed by atoms with Crippen LogP contribution in [0.2, 0.25) is 0 Å². The Hall–Kier alpha value is -0.0800. The van der Waals surface area contributed by atoms with Gasteiger partial charge in [0.2, 0.25) is 0 Å². The van der Waals surface area contributed by atoms with E-state index in [0.717, 1.165) is 5.92 Å². The van der Waals surface area contributed by atoms with Crippen molar-refractivity contribution in [1.29, 1.82) is 0 Å². The molecule has 0 spiro atoms. The van der Waals surface area contributed by atoms with Crippen molar-refractivity contribution in [2.45, 2.75) is 51.6 Å². The quantitative estimate of drug-likeness (QED) is 0.614. The lowest BCUT2D eigenvalue weighted by atomic mass is 9.85. The Kier molecular flexibility index (Phi) is 5.40. The van der Waals surface area contributed by atoms with Gasteiger partial charge in [-0.05, 0) is 31.6 Å². The maximum Gasteiger partial charge on any atom is 0.146 e. The normalized spacial score (nSPS) is 29.1. The summed E-state index contributed by atoms with van der Waals surface area (Å²) < 4.78 is 10.4. The molecule has 0 aromatic rings. The number of rotatable bonds is 5. The van der Waals surface area contributed by atoms with Crippen molar-refractivity contribution in [2.75, 3.05) is 13.9 Å². The third-order valence-corrected chi connectivity index (χ3v) is 2.91. The number of hydrogen-bond donors (Lipinski definition) is 0. The van der Waals surface area contributed by atoms with Crippen molar-refractivity contribution >= 4 is 0 Å². The lowest BCUT2D eigenvalue weighted by molar-refractivity contribution is -0.0859. The molecule has 0 amide bonds. The van der Waals surface area contributed by atoms with Crippen LogP contribution in [0.15, 0.2) is 0 Å². The summed E-state index contributed by atoms with van der Waals surface area (Å²) >= 11 is 0. The molecule has 0 unspecified atom stereocenters. The summed E-state index contributed by atoms with van der Waals surface area (Å²) in [4.78, 5) is 0. The van der Waals surface area contributed by atoms with Gasteiger partial charge in [0.25, 0.3) is 0 Å². The molecule has 0 atom stereocenters. The van der Waals surface area contributed by atoms with Gasteiger partial charge in [0.15, 0.2) is 0 Å². The molecule has 1 aliphatic rings. The molecule has 1 saturated carbocycles. The first kappa shape index (κ1) is 11.0. The topological polar surface area (TPSA) is 18.5 Å². The average molecular weight is 186 g/mol. The Balaban J connectivity index is 2.08. The molecule has 0 heterocycles. The minimum atomic E-state index is 0.461. The molecule has 2 nitrogen and oxygen atoms in total. The van der Waals surface area contributed by atoms with Crippen molar-refractivity contribution in [3.63, 3.8) is 0 Å². The average Bonchev–Trinajstić information content (AvgIpc) is 2.17. The van der Waals surface area contributed by atoms with E-state index in [4.69, 9.17) is 9.47 Å². The highest BCUT2D eigenvalue weighted by molar-refractivity contribution is 4.72. The van der Waals surface area contributed by atoms with Gasteiger partial charge in [0, 0.05) is 7.11 Å². The summed E-state index contributed by atoms with van der Waals surface area (Å²) in [5.74, 6) is 0.965. The molecule has 1 aliphatic carbocycles. The molecule has 0 aromatic heterocycles. The van der Waals surface area contributed by atoms with Gasteiger partial charge in [-0.3, -0.25) is 0 Å². The van der Waals surface area contributed by atoms with Crippen LogP contribution in [0.5, 0.6) is 0 Å². The number of methoxy groups -OCH3 is 1. The lowest BCUT2D eigenvalue weighted by Gasteiger charge is -2.27. The van der Waals surface area contributed by atoms with Crippen molar-refractivity contribution in [3.8, 4) is 0 Å². The minimum Gasteiger partial charge on any atom is -0.359 e. The highest BCUT2D eigenvalue weighted by atomic mass is 16.7. The maximum absolute atomic E-state index is 5.54. The summed E-state index contributed by atoms with van der Waals surface area (Å²) in [6, 6.07) is 0. The fraction of sp³-hybridized carbons (Fsp3) is 1.00. The van der Waals surface area contributed by atoms with Crippen molar-refractivity contribution in [3.05, 3.63) is 0 Å². The molecule has 0 aliphatic heterocycles. The van der Waals surface area contributed by atoms with Gasteiger partial charge in [-0.25, -0.2) is 0 Å². The maximum atomic E-state index is 5.54. The summed E-state index contributed by atoms with van der Waals surface area (Å²) in [5.41, 5.74) is 0. The van der Waals surface area contributed by atoms with Crippen LogP contribution in [0.1, 0.15) is 45.4 Å². The van der Waals surface area contributed by atoms with Gasteiger partial charge >= 0.3 is 0 Å². The Morgan fingerprint density at radius 1 is 1.15 bits per heavy atom. The molecule has 0 N–H and O–H groups in total. The molecule has 1 fully saturated rings. The monoisotopic (exact) mass is 186 g/mol. The van der Waals surface area contributed by atoms with Crippen LogP contribution in [0.25, 0.3) is 0 Å². The Morgan fingerprint density at radius 3 is 2.38 bits per heavy atom. The molecule has 0 saturated heterocycles. The van der Waals surface area contributed by atoms with E-state index >= 15 is 0 Å². The molecule has 2 heteroatoms. The van der Waals surface area contributed by atoms with Gasteiger partial charge < -0.3 is 9.47 Å². The van der Waals surface area contributed by atoms with Crippen LogP contribution >= 0.6 is 0 Å². The predicted molar refractivity (Wildman–Crippen MR) is 53.6 cm³/mol. The predicted octanol–water partition coefficient (Wildman–Crippen LogP) is 2.97. The second kappa shape index (κ2) is 6.39. The summed E-state index contributed by atoms with van der Waals surface area (Å²) in [6.07, 6.45) is 8.35. The summed E-state index contributed by atoms with van der Waals surface area (Å²) in [5, 5.41) is 0. The van der Waals surface area contributed by atoms with E-state index in [1.54, 1.807) is 7.11 Å². The van der Waals surface area contributed by atoms with E-state index in [2.05, 4.69) is 6.92 Å². The molecule has 0 radical (unpaired) electrons. The van der Waals surface area contributed by atoms with E-state index in [9.17, 15) is 0 Å². The highest BCUT2D eigenvalue weighted by Gasteiger charge is 2.20. The highest BCUT2D eigenvalue weighted by Crippen LogP contribution is 2.29. The molecule has 1 rings (SSSR count). The molecule has 0 aromatic carbocycles. The van der Waals surface area contributed by atoms with Gasteiger partial charge in [-0.15, -0.1) is 0 Å². The SMILES string of the molecule is CCCC1CCC(OCOC)CC1. The van der Waals surface area contributed by atoms with Crippen LogP contribution in [0, 0.1) is 5.92 Å². The van der Waals surface area contributed by atoms with Crippen LogP contribution in [-0.4, -0.2) is 20.0 Å². The van der Waals surface area contributed by atoms with Crippen molar-refractivity contribution in [1.82, 2.24) is 0 Å². The zero-order chi connectivity index (χ0) is 9.52. The van der Waals surface area contributed by atoms with Crippen molar-refractivity contribution in [2.24, 2.45) is 5.92 Å². The standard InChI is InChI=1S/C11H22O2/c1-3-4-10-5-7-11(8-6-10)13-9-12-2/h10-11H,3-9H2,1-2H3. The largest absolute Gasteiger partial charge is 0.359 e. The van der Waals surface area contributed by atoms with Crippen LogP contribution in [0.4, 0.5) is 0 Å². The summed E-state index contributed by atoms with van der Waals surface area (Å²) in [6.45, 7) is 2.73. The van der Waals surface area contributed by atoms with E-state index < -0.39 is 0 Å². The Morgan fingerprint density at radius 2 is 1.85 bits per heavy atom. The fourth-order valence-corrected chi connectivity index (χ4v) is 2.16. The smallest absolute Gasteiger partial charge is 0.146 e. The number of hydrogen-bond acceptors (Lipinski definition) is 2. The number of ether oxygens (including phenoxy) is 2. The fourth-order valence-electron chi connectivity index (χ4n) is 2.16. The van der Waals surface area contributed by atoms with E-state index in [-0.39, 0.29) is 0 Å².